The summed E-state index contributed by atoms with van der Waals surface area (Å²) < 4.78 is 1.71. The van der Waals surface area contributed by atoms with Crippen LogP contribution in [0.3, 0.4) is 0 Å². The molecule has 17 heavy (non-hydrogen) atoms. The van der Waals surface area contributed by atoms with Gasteiger partial charge in [0.1, 0.15) is 6.33 Å². The minimum absolute atomic E-state index is 0.0253. The molecular formula is C12H24N4O. The quantitative estimate of drug-likeness (QED) is 0.658. The van der Waals surface area contributed by atoms with E-state index in [4.69, 9.17) is 0 Å². The van der Waals surface area contributed by atoms with Gasteiger partial charge >= 0.3 is 0 Å². The molecule has 1 aromatic heterocycles. The molecule has 98 valence electrons. The average molecular weight is 240 g/mol. The molecule has 0 aliphatic rings. The number of hydrogen-bond acceptors (Lipinski definition) is 4. The lowest BCUT2D eigenvalue weighted by Crippen LogP contribution is -2.37. The third-order valence-electron chi connectivity index (χ3n) is 3.51. The third-order valence-corrected chi connectivity index (χ3v) is 3.51. The highest BCUT2D eigenvalue weighted by atomic mass is 16.3. The van der Waals surface area contributed by atoms with E-state index >= 15 is 0 Å². The van der Waals surface area contributed by atoms with Gasteiger partial charge in [0.05, 0.1) is 0 Å². The van der Waals surface area contributed by atoms with Gasteiger partial charge in [-0.05, 0) is 12.8 Å². The van der Waals surface area contributed by atoms with E-state index in [2.05, 4.69) is 29.2 Å². The van der Waals surface area contributed by atoms with E-state index in [-0.39, 0.29) is 12.0 Å². The second kappa shape index (κ2) is 6.71. The highest BCUT2D eigenvalue weighted by Gasteiger charge is 2.24. The van der Waals surface area contributed by atoms with E-state index in [1.165, 1.54) is 0 Å². The summed E-state index contributed by atoms with van der Waals surface area (Å²) in [6.07, 6.45) is 4.53. The summed E-state index contributed by atoms with van der Waals surface area (Å²) in [5.41, 5.74) is 0.0253. The van der Waals surface area contributed by atoms with Crippen molar-refractivity contribution in [3.8, 4) is 0 Å². The van der Waals surface area contributed by atoms with E-state index in [9.17, 15) is 5.11 Å². The molecule has 0 aliphatic carbocycles. The summed E-state index contributed by atoms with van der Waals surface area (Å²) in [5, 5.41) is 17.0. The SMILES string of the molecule is CCC(CC)(CO)CNCCc1ncn(C)n1. The van der Waals surface area contributed by atoms with Crippen molar-refractivity contribution in [2.45, 2.75) is 33.1 Å². The Bertz CT molecular complexity index is 312. The Morgan fingerprint density at radius 1 is 1.41 bits per heavy atom. The number of aromatic nitrogens is 3. The van der Waals surface area contributed by atoms with Gasteiger partial charge < -0.3 is 10.4 Å². The first-order chi connectivity index (χ1) is 8.15. The molecule has 5 heteroatoms. The molecule has 0 saturated heterocycles. The molecule has 0 aliphatic heterocycles. The highest BCUT2D eigenvalue weighted by Crippen LogP contribution is 2.24. The van der Waals surface area contributed by atoms with Crippen LogP contribution in [0.15, 0.2) is 6.33 Å². The third kappa shape index (κ3) is 4.09. The number of aliphatic hydroxyl groups excluding tert-OH is 1. The summed E-state index contributed by atoms with van der Waals surface area (Å²) in [6, 6.07) is 0. The zero-order chi connectivity index (χ0) is 12.7. The molecule has 0 bridgehead atoms. The molecule has 1 aromatic rings. The first-order valence-corrected chi connectivity index (χ1v) is 6.32. The van der Waals surface area contributed by atoms with Crippen LogP contribution in [0.1, 0.15) is 32.5 Å². The van der Waals surface area contributed by atoms with Crippen LogP contribution in [0.4, 0.5) is 0 Å². The van der Waals surface area contributed by atoms with Crippen LogP contribution in [0.2, 0.25) is 0 Å². The molecule has 0 radical (unpaired) electrons. The van der Waals surface area contributed by atoms with E-state index in [0.29, 0.717) is 0 Å². The number of rotatable bonds is 8. The predicted octanol–water partition coefficient (Wildman–Crippen LogP) is 0.746. The van der Waals surface area contributed by atoms with Crippen LogP contribution in [-0.2, 0) is 13.5 Å². The second-order valence-corrected chi connectivity index (χ2v) is 4.63. The normalized spacial score (nSPS) is 12.0. The lowest BCUT2D eigenvalue weighted by molar-refractivity contribution is 0.113. The summed E-state index contributed by atoms with van der Waals surface area (Å²) >= 11 is 0. The molecule has 0 fully saturated rings. The van der Waals surface area contributed by atoms with Gasteiger partial charge in [0.25, 0.3) is 0 Å². The van der Waals surface area contributed by atoms with Gasteiger partial charge in [-0.3, -0.25) is 4.68 Å². The van der Waals surface area contributed by atoms with Crippen molar-refractivity contribution in [2.24, 2.45) is 12.5 Å². The maximum Gasteiger partial charge on any atom is 0.151 e. The Morgan fingerprint density at radius 2 is 2.12 bits per heavy atom. The van der Waals surface area contributed by atoms with Crippen LogP contribution in [-0.4, -0.2) is 39.6 Å². The number of nitrogens with zero attached hydrogens (tertiary/aromatic N) is 3. The number of hydrogen-bond donors (Lipinski definition) is 2. The molecule has 0 amide bonds. The molecule has 1 heterocycles. The van der Waals surface area contributed by atoms with Crippen LogP contribution in [0.5, 0.6) is 0 Å². The Balaban J connectivity index is 2.27. The fourth-order valence-electron chi connectivity index (χ4n) is 1.83. The largest absolute Gasteiger partial charge is 0.396 e. The summed E-state index contributed by atoms with van der Waals surface area (Å²) in [4.78, 5) is 4.17. The molecule has 0 aromatic carbocycles. The zero-order valence-corrected chi connectivity index (χ0v) is 11.1. The molecule has 0 unspecified atom stereocenters. The molecule has 1 rings (SSSR count). The molecule has 5 nitrogen and oxygen atoms in total. The minimum atomic E-state index is 0.0253. The fourth-order valence-corrected chi connectivity index (χ4v) is 1.83. The second-order valence-electron chi connectivity index (χ2n) is 4.63. The number of aliphatic hydroxyl groups is 1. The van der Waals surface area contributed by atoms with Gasteiger partial charge in [-0.15, -0.1) is 0 Å². The Labute approximate surface area is 103 Å². The van der Waals surface area contributed by atoms with Crippen molar-refractivity contribution in [3.05, 3.63) is 12.2 Å². The molecule has 0 spiro atoms. The van der Waals surface area contributed by atoms with Gasteiger partial charge in [-0.25, -0.2) is 4.98 Å². The lowest BCUT2D eigenvalue weighted by Gasteiger charge is -2.29. The van der Waals surface area contributed by atoms with E-state index in [1.54, 1.807) is 11.0 Å². The monoisotopic (exact) mass is 240 g/mol. The van der Waals surface area contributed by atoms with Crippen molar-refractivity contribution in [3.63, 3.8) is 0 Å². The van der Waals surface area contributed by atoms with Crippen LogP contribution in [0.25, 0.3) is 0 Å². The summed E-state index contributed by atoms with van der Waals surface area (Å²) in [6.45, 7) is 6.20. The topological polar surface area (TPSA) is 63.0 Å². The van der Waals surface area contributed by atoms with Gasteiger partial charge in [0.15, 0.2) is 5.82 Å². The van der Waals surface area contributed by atoms with Crippen molar-refractivity contribution in [2.75, 3.05) is 19.7 Å². The van der Waals surface area contributed by atoms with Crippen molar-refractivity contribution < 1.29 is 5.11 Å². The summed E-state index contributed by atoms with van der Waals surface area (Å²) in [7, 11) is 1.87. The maximum absolute atomic E-state index is 9.43. The Kier molecular flexibility index (Phi) is 5.58. The molecule has 2 N–H and O–H groups in total. The zero-order valence-electron chi connectivity index (χ0n) is 11.1. The van der Waals surface area contributed by atoms with Gasteiger partial charge in [0, 0.05) is 38.6 Å². The minimum Gasteiger partial charge on any atom is -0.396 e. The molecule has 0 saturated carbocycles. The smallest absolute Gasteiger partial charge is 0.151 e. The van der Waals surface area contributed by atoms with Gasteiger partial charge in [-0.2, -0.15) is 5.10 Å². The van der Waals surface area contributed by atoms with Crippen LogP contribution < -0.4 is 5.32 Å². The predicted molar refractivity (Wildman–Crippen MR) is 67.7 cm³/mol. The number of aryl methyl sites for hydroxylation is 1. The first kappa shape index (κ1) is 14.1. The van der Waals surface area contributed by atoms with Crippen molar-refractivity contribution in [1.82, 2.24) is 20.1 Å². The first-order valence-electron chi connectivity index (χ1n) is 6.32. The van der Waals surface area contributed by atoms with E-state index in [1.807, 2.05) is 7.05 Å². The standard InChI is InChI=1S/C12H24N4O/c1-4-12(5-2,9-17)8-13-7-6-11-14-10-16(3)15-11/h10,13,17H,4-9H2,1-3H3. The average Bonchev–Trinajstić information content (AvgIpc) is 2.76. The van der Waals surface area contributed by atoms with Gasteiger partial charge in [0.2, 0.25) is 0 Å². The molecule has 0 atom stereocenters. The highest BCUT2D eigenvalue weighted by molar-refractivity contribution is 4.83. The van der Waals surface area contributed by atoms with Crippen molar-refractivity contribution >= 4 is 0 Å². The Morgan fingerprint density at radius 3 is 2.59 bits per heavy atom. The van der Waals surface area contributed by atoms with E-state index in [0.717, 1.165) is 38.2 Å². The van der Waals surface area contributed by atoms with Gasteiger partial charge in [-0.1, -0.05) is 13.8 Å². The van der Waals surface area contributed by atoms with E-state index < -0.39 is 0 Å². The number of nitrogens with one attached hydrogen (secondary N) is 1. The Hall–Kier alpha value is -0.940. The summed E-state index contributed by atoms with van der Waals surface area (Å²) in [5.74, 6) is 0.864. The maximum atomic E-state index is 9.43. The van der Waals surface area contributed by atoms with Crippen LogP contribution in [0, 0.1) is 5.41 Å². The lowest BCUT2D eigenvalue weighted by atomic mass is 9.83. The van der Waals surface area contributed by atoms with Crippen molar-refractivity contribution in [1.29, 1.82) is 0 Å². The molecular weight excluding hydrogens is 216 g/mol. The fraction of sp³-hybridized carbons (Fsp3) is 0.833. The van der Waals surface area contributed by atoms with Crippen LogP contribution >= 0.6 is 0 Å².